The molecule has 14 heavy (non-hydrogen) atoms. The Balaban J connectivity index is 2.26. The Morgan fingerprint density at radius 1 is 1.50 bits per heavy atom. The van der Waals surface area contributed by atoms with Crippen molar-refractivity contribution in [2.75, 3.05) is 6.61 Å². The molecular formula is C10H13NO3. The predicted molar refractivity (Wildman–Crippen MR) is 51.2 cm³/mol. The van der Waals surface area contributed by atoms with Crippen LogP contribution in [0.2, 0.25) is 0 Å². The molecule has 1 N–H and O–H groups in total. The topological polar surface area (TPSA) is 51.5 Å². The molecule has 1 aliphatic heterocycles. The van der Waals surface area contributed by atoms with Crippen LogP contribution in [0.25, 0.3) is 0 Å². The van der Waals surface area contributed by atoms with Gasteiger partial charge in [0.05, 0.1) is 0 Å². The van der Waals surface area contributed by atoms with Gasteiger partial charge in [-0.05, 0) is 25.3 Å². The summed E-state index contributed by atoms with van der Waals surface area (Å²) in [6.07, 6.45) is 4.43. The van der Waals surface area contributed by atoms with E-state index < -0.39 is 0 Å². The van der Waals surface area contributed by atoms with Crippen LogP contribution in [0, 0.1) is 0 Å². The molecule has 1 unspecified atom stereocenters. The lowest BCUT2D eigenvalue weighted by Gasteiger charge is -2.24. The minimum Gasteiger partial charge on any atom is -0.508 e. The van der Waals surface area contributed by atoms with Crippen molar-refractivity contribution in [1.82, 2.24) is 4.57 Å². The summed E-state index contributed by atoms with van der Waals surface area (Å²) in [6, 6.07) is 2.71. The highest BCUT2D eigenvalue weighted by molar-refractivity contribution is 5.15. The molecule has 76 valence electrons. The molecule has 1 aromatic heterocycles. The first-order valence-electron chi connectivity index (χ1n) is 4.80. The van der Waals surface area contributed by atoms with E-state index in [-0.39, 0.29) is 17.5 Å². The van der Waals surface area contributed by atoms with E-state index in [1.54, 1.807) is 6.20 Å². The number of pyridine rings is 1. The highest BCUT2D eigenvalue weighted by atomic mass is 16.5. The lowest BCUT2D eigenvalue weighted by Crippen LogP contribution is -2.27. The minimum absolute atomic E-state index is 0.00191. The largest absolute Gasteiger partial charge is 0.508 e. The summed E-state index contributed by atoms with van der Waals surface area (Å²) >= 11 is 0. The Morgan fingerprint density at radius 3 is 3.00 bits per heavy atom. The highest BCUT2D eigenvalue weighted by Gasteiger charge is 2.16. The Hall–Kier alpha value is -1.29. The zero-order chi connectivity index (χ0) is 9.97. The Kier molecular flexibility index (Phi) is 2.54. The predicted octanol–water partition coefficient (Wildman–Crippen LogP) is 1.25. The molecule has 1 aliphatic rings. The molecule has 0 amide bonds. The number of hydrogen-bond acceptors (Lipinski definition) is 3. The zero-order valence-electron chi connectivity index (χ0n) is 7.85. The van der Waals surface area contributed by atoms with Gasteiger partial charge in [0.25, 0.3) is 5.56 Å². The Labute approximate surface area is 81.7 Å². The fourth-order valence-corrected chi connectivity index (χ4v) is 1.66. The summed E-state index contributed by atoms with van der Waals surface area (Å²) in [6.45, 7) is 0.706. The average molecular weight is 195 g/mol. The van der Waals surface area contributed by atoms with Crippen molar-refractivity contribution in [3.8, 4) is 5.75 Å². The van der Waals surface area contributed by atoms with E-state index in [0.29, 0.717) is 6.61 Å². The molecule has 1 atom stereocenters. The van der Waals surface area contributed by atoms with Crippen LogP contribution in [-0.2, 0) is 4.74 Å². The summed E-state index contributed by atoms with van der Waals surface area (Å²) in [5.74, 6) is 0.00191. The third-order valence-electron chi connectivity index (χ3n) is 2.40. The second-order valence-electron chi connectivity index (χ2n) is 3.45. The maximum atomic E-state index is 11.5. The number of aromatic hydroxyl groups is 1. The lowest BCUT2D eigenvalue weighted by molar-refractivity contribution is -0.0341. The number of rotatable bonds is 1. The average Bonchev–Trinajstić information content (AvgIpc) is 2.19. The molecule has 0 aromatic carbocycles. The first kappa shape index (κ1) is 9.27. The van der Waals surface area contributed by atoms with E-state index in [4.69, 9.17) is 9.84 Å². The van der Waals surface area contributed by atoms with Crippen molar-refractivity contribution in [3.05, 3.63) is 28.7 Å². The van der Waals surface area contributed by atoms with Crippen molar-refractivity contribution in [2.24, 2.45) is 0 Å². The van der Waals surface area contributed by atoms with Gasteiger partial charge in [0.15, 0.2) is 0 Å². The third kappa shape index (κ3) is 1.80. The number of aromatic nitrogens is 1. The third-order valence-corrected chi connectivity index (χ3v) is 2.40. The summed E-state index contributed by atoms with van der Waals surface area (Å²) in [5, 5.41) is 9.08. The van der Waals surface area contributed by atoms with Gasteiger partial charge in [-0.1, -0.05) is 0 Å². The van der Waals surface area contributed by atoms with E-state index in [9.17, 15) is 4.79 Å². The molecular weight excluding hydrogens is 182 g/mol. The van der Waals surface area contributed by atoms with Gasteiger partial charge in [-0.15, -0.1) is 0 Å². The second kappa shape index (κ2) is 3.84. The lowest BCUT2D eigenvalue weighted by atomic mass is 10.2. The molecule has 0 radical (unpaired) electrons. The van der Waals surface area contributed by atoms with Crippen LogP contribution in [0.5, 0.6) is 5.75 Å². The van der Waals surface area contributed by atoms with E-state index >= 15 is 0 Å². The van der Waals surface area contributed by atoms with E-state index in [2.05, 4.69) is 0 Å². The van der Waals surface area contributed by atoms with Crippen molar-refractivity contribution in [1.29, 1.82) is 0 Å². The minimum atomic E-state index is -0.211. The molecule has 4 nitrogen and oxygen atoms in total. The van der Waals surface area contributed by atoms with Crippen molar-refractivity contribution in [3.63, 3.8) is 0 Å². The molecule has 1 fully saturated rings. The van der Waals surface area contributed by atoms with Crippen LogP contribution in [-0.4, -0.2) is 16.3 Å². The monoisotopic (exact) mass is 195 g/mol. The summed E-state index contributed by atoms with van der Waals surface area (Å²) in [5.41, 5.74) is -0.211. The van der Waals surface area contributed by atoms with Crippen LogP contribution in [0.1, 0.15) is 25.5 Å². The quantitative estimate of drug-likeness (QED) is 0.733. The van der Waals surface area contributed by atoms with Gasteiger partial charge in [0.1, 0.15) is 12.0 Å². The van der Waals surface area contributed by atoms with Crippen LogP contribution >= 0.6 is 0 Å². The highest BCUT2D eigenvalue weighted by Crippen LogP contribution is 2.21. The molecule has 0 spiro atoms. The molecule has 2 rings (SSSR count). The molecule has 1 saturated heterocycles. The first-order valence-corrected chi connectivity index (χ1v) is 4.80. The van der Waals surface area contributed by atoms with E-state index in [1.807, 2.05) is 0 Å². The van der Waals surface area contributed by atoms with Gasteiger partial charge in [0, 0.05) is 18.9 Å². The van der Waals surface area contributed by atoms with Gasteiger partial charge in [-0.2, -0.15) is 0 Å². The van der Waals surface area contributed by atoms with Gasteiger partial charge in [-0.3, -0.25) is 9.36 Å². The standard InChI is InChI=1S/C10H13NO3/c12-8-4-5-11(9(13)7-8)10-3-1-2-6-14-10/h4-5,7,10,12H,1-3,6H2. The smallest absolute Gasteiger partial charge is 0.256 e. The van der Waals surface area contributed by atoms with Gasteiger partial charge in [-0.25, -0.2) is 0 Å². The number of ether oxygens (including phenoxy) is 1. The number of nitrogens with zero attached hydrogens (tertiary/aromatic N) is 1. The molecule has 2 heterocycles. The maximum absolute atomic E-state index is 11.5. The second-order valence-corrected chi connectivity index (χ2v) is 3.45. The molecule has 0 saturated carbocycles. The molecule has 4 heteroatoms. The van der Waals surface area contributed by atoms with Crippen molar-refractivity contribution >= 4 is 0 Å². The Morgan fingerprint density at radius 2 is 2.36 bits per heavy atom. The molecule has 1 aromatic rings. The van der Waals surface area contributed by atoms with Crippen LogP contribution in [0.3, 0.4) is 0 Å². The first-order chi connectivity index (χ1) is 6.77. The van der Waals surface area contributed by atoms with Crippen molar-refractivity contribution < 1.29 is 9.84 Å². The fourth-order valence-electron chi connectivity index (χ4n) is 1.66. The van der Waals surface area contributed by atoms with Gasteiger partial charge >= 0.3 is 0 Å². The Bertz CT molecular complexity index is 366. The summed E-state index contributed by atoms with van der Waals surface area (Å²) < 4.78 is 6.99. The van der Waals surface area contributed by atoms with Crippen LogP contribution < -0.4 is 5.56 Å². The summed E-state index contributed by atoms with van der Waals surface area (Å²) in [7, 11) is 0. The summed E-state index contributed by atoms with van der Waals surface area (Å²) in [4.78, 5) is 11.5. The molecule has 0 aliphatic carbocycles. The fraction of sp³-hybridized carbons (Fsp3) is 0.500. The van der Waals surface area contributed by atoms with Gasteiger partial charge in [0.2, 0.25) is 0 Å². The SMILES string of the molecule is O=c1cc(O)ccn1C1CCCCO1. The maximum Gasteiger partial charge on any atom is 0.256 e. The van der Waals surface area contributed by atoms with Crippen LogP contribution in [0.4, 0.5) is 0 Å². The normalized spacial score (nSPS) is 22.1. The molecule has 0 bridgehead atoms. The number of hydrogen-bond donors (Lipinski definition) is 1. The van der Waals surface area contributed by atoms with E-state index in [0.717, 1.165) is 19.3 Å². The van der Waals surface area contributed by atoms with Gasteiger partial charge < -0.3 is 9.84 Å². The van der Waals surface area contributed by atoms with Crippen LogP contribution in [0.15, 0.2) is 23.1 Å². The van der Waals surface area contributed by atoms with E-state index in [1.165, 1.54) is 16.7 Å². The van der Waals surface area contributed by atoms with Crippen molar-refractivity contribution in [2.45, 2.75) is 25.5 Å². The zero-order valence-corrected chi connectivity index (χ0v) is 7.85.